The van der Waals surface area contributed by atoms with Crippen LogP contribution in [0.3, 0.4) is 0 Å². The molecule has 1 aliphatic rings. The van der Waals surface area contributed by atoms with Crippen molar-refractivity contribution in [3.63, 3.8) is 0 Å². The number of ether oxygens (including phenoxy) is 1. The van der Waals surface area contributed by atoms with E-state index in [1.165, 1.54) is 18.2 Å². The molecular formula is C23H25F3O. The van der Waals surface area contributed by atoms with Crippen LogP contribution in [-0.4, -0.2) is 6.61 Å². The van der Waals surface area contributed by atoms with Crippen LogP contribution < -0.4 is 4.74 Å². The van der Waals surface area contributed by atoms with E-state index in [2.05, 4.69) is 12.2 Å². The smallest absolute Gasteiger partial charge is 0.201 e. The van der Waals surface area contributed by atoms with Gasteiger partial charge in [0.05, 0.1) is 6.61 Å². The van der Waals surface area contributed by atoms with Crippen LogP contribution in [0.25, 0.3) is 11.1 Å². The summed E-state index contributed by atoms with van der Waals surface area (Å²) >= 11 is 0. The van der Waals surface area contributed by atoms with Crippen LogP contribution in [-0.2, 0) is 0 Å². The van der Waals surface area contributed by atoms with Crippen LogP contribution in [0, 0.1) is 23.4 Å². The van der Waals surface area contributed by atoms with Crippen LogP contribution in [0.15, 0.2) is 42.5 Å². The van der Waals surface area contributed by atoms with Gasteiger partial charge in [0.1, 0.15) is 5.82 Å². The maximum atomic E-state index is 14.7. The highest BCUT2D eigenvalue weighted by molar-refractivity contribution is 5.66. The lowest BCUT2D eigenvalue weighted by Crippen LogP contribution is -2.13. The molecule has 144 valence electrons. The molecule has 1 aliphatic carbocycles. The molecule has 0 amide bonds. The van der Waals surface area contributed by atoms with Crippen molar-refractivity contribution in [2.75, 3.05) is 6.61 Å². The molecule has 0 unspecified atom stereocenters. The second kappa shape index (κ2) is 8.64. The molecular weight excluding hydrogens is 349 g/mol. The molecule has 0 heterocycles. The zero-order chi connectivity index (χ0) is 19.4. The summed E-state index contributed by atoms with van der Waals surface area (Å²) in [5.74, 6) is -1.78. The summed E-state index contributed by atoms with van der Waals surface area (Å²) in [7, 11) is 0. The van der Waals surface area contributed by atoms with Crippen molar-refractivity contribution in [1.82, 2.24) is 0 Å². The molecule has 0 aliphatic heterocycles. The minimum atomic E-state index is -1.04. The van der Waals surface area contributed by atoms with E-state index in [0.29, 0.717) is 17.0 Å². The van der Waals surface area contributed by atoms with Gasteiger partial charge in [0.15, 0.2) is 11.6 Å². The molecule has 0 aromatic heterocycles. The van der Waals surface area contributed by atoms with Crippen LogP contribution >= 0.6 is 0 Å². The third-order valence-electron chi connectivity index (χ3n) is 5.33. The minimum Gasteiger partial charge on any atom is -0.491 e. The maximum absolute atomic E-state index is 14.7. The molecule has 1 fully saturated rings. The van der Waals surface area contributed by atoms with E-state index in [4.69, 9.17) is 4.74 Å². The monoisotopic (exact) mass is 374 g/mol. The highest BCUT2D eigenvalue weighted by Gasteiger charge is 2.24. The molecule has 0 spiro atoms. The highest BCUT2D eigenvalue weighted by atomic mass is 19.2. The number of benzene rings is 2. The summed E-state index contributed by atoms with van der Waals surface area (Å²) in [5.41, 5.74) is 1.04. The van der Waals surface area contributed by atoms with Gasteiger partial charge in [0.2, 0.25) is 5.82 Å². The van der Waals surface area contributed by atoms with Crippen molar-refractivity contribution in [3.8, 4) is 16.9 Å². The molecule has 4 heteroatoms. The zero-order valence-corrected chi connectivity index (χ0v) is 15.8. The van der Waals surface area contributed by atoms with Gasteiger partial charge < -0.3 is 4.74 Å². The lowest BCUT2D eigenvalue weighted by Gasteiger charge is -2.27. The van der Waals surface area contributed by atoms with Crippen LogP contribution in [0.5, 0.6) is 5.75 Å². The summed E-state index contributed by atoms with van der Waals surface area (Å²) in [6.07, 6.45) is 8.28. The van der Waals surface area contributed by atoms with E-state index in [-0.39, 0.29) is 29.7 Å². The van der Waals surface area contributed by atoms with Gasteiger partial charge in [-0.25, -0.2) is 8.78 Å². The molecule has 1 saturated carbocycles. The van der Waals surface area contributed by atoms with Gasteiger partial charge in [-0.15, -0.1) is 0 Å². The van der Waals surface area contributed by atoms with Crippen molar-refractivity contribution < 1.29 is 17.9 Å². The van der Waals surface area contributed by atoms with E-state index in [1.54, 1.807) is 19.1 Å². The first kappa shape index (κ1) is 19.5. The van der Waals surface area contributed by atoms with E-state index >= 15 is 0 Å². The van der Waals surface area contributed by atoms with E-state index in [0.717, 1.165) is 25.7 Å². The molecule has 1 nitrogen and oxygen atoms in total. The second-order valence-electron chi connectivity index (χ2n) is 7.05. The fourth-order valence-electron chi connectivity index (χ4n) is 3.94. The predicted molar refractivity (Wildman–Crippen MR) is 102 cm³/mol. The third-order valence-corrected chi connectivity index (χ3v) is 5.33. The number of hydrogen-bond donors (Lipinski definition) is 0. The number of allylic oxidation sites excluding steroid dienone is 2. The average molecular weight is 374 g/mol. The third kappa shape index (κ3) is 4.20. The highest BCUT2D eigenvalue weighted by Crippen LogP contribution is 2.39. The van der Waals surface area contributed by atoms with Gasteiger partial charge >= 0.3 is 0 Å². The summed E-state index contributed by atoms with van der Waals surface area (Å²) in [5, 5.41) is 0. The van der Waals surface area contributed by atoms with Crippen LogP contribution in [0.1, 0.15) is 51.0 Å². The molecule has 3 rings (SSSR count). The molecule has 0 N–H and O–H groups in total. The fourth-order valence-corrected chi connectivity index (χ4v) is 3.94. The topological polar surface area (TPSA) is 9.23 Å². The first-order valence-electron chi connectivity index (χ1n) is 9.58. The molecule has 0 radical (unpaired) electrons. The van der Waals surface area contributed by atoms with Gasteiger partial charge in [0, 0.05) is 5.56 Å². The fraction of sp³-hybridized carbons (Fsp3) is 0.391. The van der Waals surface area contributed by atoms with Crippen molar-refractivity contribution in [1.29, 1.82) is 0 Å². The first-order chi connectivity index (χ1) is 13.0. The Labute approximate surface area is 158 Å². The van der Waals surface area contributed by atoms with E-state index < -0.39 is 11.6 Å². The summed E-state index contributed by atoms with van der Waals surface area (Å²) < 4.78 is 48.3. The maximum Gasteiger partial charge on any atom is 0.201 e. The normalized spacial score (nSPS) is 20.2. The lowest BCUT2D eigenvalue weighted by molar-refractivity contribution is 0.314. The Kier molecular flexibility index (Phi) is 6.25. The Hall–Kier alpha value is -2.23. The van der Waals surface area contributed by atoms with Gasteiger partial charge in [-0.3, -0.25) is 0 Å². The van der Waals surface area contributed by atoms with E-state index in [1.807, 2.05) is 6.92 Å². The molecule has 2 aromatic rings. The molecule has 0 atom stereocenters. The number of halogens is 3. The number of hydrogen-bond acceptors (Lipinski definition) is 1. The Morgan fingerprint density at radius 1 is 1.00 bits per heavy atom. The Bertz CT molecular complexity index is 821. The molecule has 2 aromatic carbocycles. The second-order valence-corrected chi connectivity index (χ2v) is 7.05. The predicted octanol–water partition coefficient (Wildman–Crippen LogP) is 7.02. The van der Waals surface area contributed by atoms with Crippen molar-refractivity contribution in [2.45, 2.75) is 45.4 Å². The van der Waals surface area contributed by atoms with Crippen molar-refractivity contribution in [3.05, 3.63) is 65.5 Å². The van der Waals surface area contributed by atoms with Crippen LogP contribution in [0.4, 0.5) is 13.2 Å². The van der Waals surface area contributed by atoms with Gasteiger partial charge in [-0.05, 0) is 80.7 Å². The van der Waals surface area contributed by atoms with E-state index in [9.17, 15) is 13.2 Å². The summed E-state index contributed by atoms with van der Waals surface area (Å²) in [6, 6.07) is 7.52. The Morgan fingerprint density at radius 2 is 1.74 bits per heavy atom. The summed E-state index contributed by atoms with van der Waals surface area (Å²) in [6.45, 7) is 3.97. The van der Waals surface area contributed by atoms with Gasteiger partial charge in [-0.2, -0.15) is 4.39 Å². The van der Waals surface area contributed by atoms with Crippen molar-refractivity contribution in [2.24, 2.45) is 5.92 Å². The van der Waals surface area contributed by atoms with Gasteiger partial charge in [0.25, 0.3) is 0 Å². The average Bonchev–Trinajstić information content (AvgIpc) is 2.67. The molecule has 27 heavy (non-hydrogen) atoms. The van der Waals surface area contributed by atoms with Crippen LogP contribution in [0.2, 0.25) is 0 Å². The minimum absolute atomic E-state index is 0.0400. The first-order valence-corrected chi connectivity index (χ1v) is 9.58. The Balaban J connectivity index is 1.82. The molecule has 0 bridgehead atoms. The number of rotatable bonds is 5. The standard InChI is InChI=1S/C23H25F3O/c1-3-5-15-6-8-16(9-7-15)18-11-10-17(14-20(18)24)19-12-13-21(27-4-2)23(26)22(19)25/h3,5,10-16H,4,6-9H2,1-2H3. The largest absolute Gasteiger partial charge is 0.491 e. The zero-order valence-electron chi connectivity index (χ0n) is 15.8. The molecule has 0 saturated heterocycles. The quantitative estimate of drug-likeness (QED) is 0.511. The summed E-state index contributed by atoms with van der Waals surface area (Å²) in [4.78, 5) is 0. The SMILES string of the molecule is CC=CC1CCC(c2ccc(-c3ccc(OCC)c(F)c3F)cc2F)CC1. The van der Waals surface area contributed by atoms with Gasteiger partial charge in [-0.1, -0.05) is 24.3 Å². The Morgan fingerprint density at radius 3 is 2.37 bits per heavy atom. The van der Waals surface area contributed by atoms with Crippen molar-refractivity contribution >= 4 is 0 Å². The lowest BCUT2D eigenvalue weighted by atomic mass is 9.78.